The fourth-order valence-corrected chi connectivity index (χ4v) is 0.898. The van der Waals surface area contributed by atoms with Crippen molar-refractivity contribution < 1.29 is 0 Å². The number of nitrogens with two attached hydrogens (primary N) is 1. The van der Waals surface area contributed by atoms with Crippen LogP contribution in [0.25, 0.3) is 0 Å². The molecule has 1 heterocycles. The number of hydrogen-bond donors (Lipinski definition) is 1. The van der Waals surface area contributed by atoms with Crippen LogP contribution in [0, 0.1) is 0 Å². The maximum atomic E-state index is 5.57. The van der Waals surface area contributed by atoms with Crippen molar-refractivity contribution in [3.63, 3.8) is 0 Å². The van der Waals surface area contributed by atoms with Gasteiger partial charge in [-0.1, -0.05) is 12.2 Å². The van der Waals surface area contributed by atoms with E-state index in [1.165, 1.54) is 0 Å². The van der Waals surface area contributed by atoms with Crippen LogP contribution in [0.5, 0.6) is 0 Å². The molecule has 3 heteroatoms. The molecule has 1 radical (unpaired) electrons. The minimum atomic E-state index is -0.146. The molecule has 0 fully saturated rings. The van der Waals surface area contributed by atoms with Gasteiger partial charge in [0.1, 0.15) is 0 Å². The molecule has 0 amide bonds. The molecule has 1 aromatic heterocycles. The van der Waals surface area contributed by atoms with E-state index in [1.54, 1.807) is 12.4 Å². The number of aromatic nitrogens is 1. The monoisotopic (exact) mass is 165 g/mol. The van der Waals surface area contributed by atoms with E-state index in [1.807, 2.05) is 12.1 Å². The minimum Gasteiger partial charge on any atom is -0.323 e. The fourth-order valence-electron chi connectivity index (χ4n) is 0.814. The van der Waals surface area contributed by atoms with Gasteiger partial charge in [0.15, 0.2) is 0 Å². The average molecular weight is 165 g/mol. The lowest BCUT2D eigenvalue weighted by molar-refractivity contribution is 0.870. The van der Waals surface area contributed by atoms with Crippen LogP contribution < -0.4 is 5.73 Å². The van der Waals surface area contributed by atoms with E-state index in [9.17, 15) is 0 Å². The Morgan fingerprint density at radius 1 is 1.55 bits per heavy atom. The Balaban J connectivity index is 2.57. The number of rotatable bonds is 3. The maximum absolute atomic E-state index is 5.57. The maximum Gasteiger partial charge on any atom is 0.0478 e. The Labute approximate surface area is 71.4 Å². The van der Waals surface area contributed by atoms with Crippen LogP contribution in [0.15, 0.2) is 24.5 Å². The Kier molecular flexibility index (Phi) is 3.14. The van der Waals surface area contributed by atoms with Crippen molar-refractivity contribution in [1.82, 2.24) is 4.98 Å². The molecule has 0 saturated carbocycles. The summed E-state index contributed by atoms with van der Waals surface area (Å²) in [7, 11) is 0. The van der Waals surface area contributed by atoms with Gasteiger partial charge in [-0.25, -0.2) is 0 Å². The molecule has 1 rings (SSSR count). The molecule has 0 spiro atoms. The van der Waals surface area contributed by atoms with E-state index < -0.39 is 0 Å². The third-order valence-corrected chi connectivity index (χ3v) is 1.66. The molecule has 0 aliphatic carbocycles. The second-order valence-corrected chi connectivity index (χ2v) is 2.52. The number of nitrogens with zero attached hydrogens (tertiary/aromatic N) is 1. The van der Waals surface area contributed by atoms with Gasteiger partial charge < -0.3 is 5.73 Å². The molecule has 1 unspecified atom stereocenters. The first kappa shape index (κ1) is 8.30. The zero-order valence-electron chi connectivity index (χ0n) is 6.03. The van der Waals surface area contributed by atoms with Crippen LogP contribution in [-0.4, -0.2) is 16.4 Å². The van der Waals surface area contributed by atoms with E-state index in [0.717, 1.165) is 12.0 Å². The summed E-state index contributed by atoms with van der Waals surface area (Å²) in [6, 6.07) is 3.70. The highest BCUT2D eigenvalue weighted by molar-refractivity contribution is 7.79. The lowest BCUT2D eigenvalue weighted by atomic mass is 10.1. The van der Waals surface area contributed by atoms with Gasteiger partial charge in [-0.2, -0.15) is 0 Å². The molecular weight excluding hydrogens is 156 g/mol. The normalized spacial score (nSPS) is 12.5. The van der Waals surface area contributed by atoms with Crippen LogP contribution in [0.4, 0.5) is 0 Å². The van der Waals surface area contributed by atoms with Crippen molar-refractivity contribution in [2.24, 2.45) is 5.73 Å². The van der Waals surface area contributed by atoms with E-state index in [-0.39, 0.29) is 6.04 Å². The summed E-state index contributed by atoms with van der Waals surface area (Å²) in [6.45, 7) is 0. The Morgan fingerprint density at radius 3 is 2.73 bits per heavy atom. The van der Waals surface area contributed by atoms with Gasteiger partial charge in [-0.15, -0.1) is 0 Å². The first-order chi connectivity index (χ1) is 5.33. The number of hydrogen-bond acceptors (Lipinski definition) is 3. The van der Waals surface area contributed by atoms with Gasteiger partial charge in [0.05, 0.1) is 0 Å². The lowest BCUT2D eigenvalue weighted by Crippen LogP contribution is -2.23. The van der Waals surface area contributed by atoms with Crippen molar-refractivity contribution in [3.8, 4) is 0 Å². The highest BCUT2D eigenvalue weighted by Gasteiger charge is 1.98. The van der Waals surface area contributed by atoms with Crippen molar-refractivity contribution in [1.29, 1.82) is 0 Å². The largest absolute Gasteiger partial charge is 0.323 e. The first-order valence-electron chi connectivity index (χ1n) is 3.35. The van der Waals surface area contributed by atoms with E-state index in [2.05, 4.69) is 22.6 Å². The summed E-state index contributed by atoms with van der Waals surface area (Å²) in [4.78, 5) is 3.89. The van der Waals surface area contributed by atoms with E-state index >= 15 is 0 Å². The summed E-state index contributed by atoms with van der Waals surface area (Å²) in [6.07, 6.45) is 4.23. The van der Waals surface area contributed by atoms with Crippen LogP contribution in [0.3, 0.4) is 0 Å². The van der Waals surface area contributed by atoms with Crippen LogP contribution >= 0.6 is 12.2 Å². The molecule has 0 aliphatic heterocycles. The second-order valence-electron chi connectivity index (χ2n) is 2.28. The zero-order chi connectivity index (χ0) is 8.10. The van der Waals surface area contributed by atoms with E-state index in [4.69, 9.17) is 5.73 Å². The van der Waals surface area contributed by atoms with Crippen LogP contribution in [-0.2, 0) is 6.42 Å². The SMILES string of the molecule is NC([C]=S)Cc1ccncc1. The molecule has 0 bridgehead atoms. The molecular formula is C8H9N2S. The molecule has 0 saturated heterocycles. The predicted octanol–water partition coefficient (Wildman–Crippen LogP) is 0.828. The van der Waals surface area contributed by atoms with Crippen LogP contribution in [0.1, 0.15) is 5.56 Å². The van der Waals surface area contributed by atoms with Crippen molar-refractivity contribution in [2.75, 3.05) is 0 Å². The Morgan fingerprint density at radius 2 is 2.18 bits per heavy atom. The minimum absolute atomic E-state index is 0.146. The van der Waals surface area contributed by atoms with Gasteiger partial charge >= 0.3 is 0 Å². The smallest absolute Gasteiger partial charge is 0.0478 e. The molecule has 11 heavy (non-hydrogen) atoms. The second kappa shape index (κ2) is 4.16. The Hall–Kier alpha value is -0.800. The fraction of sp³-hybridized carbons (Fsp3) is 0.250. The summed E-state index contributed by atoms with van der Waals surface area (Å²) < 4.78 is 0. The van der Waals surface area contributed by atoms with Gasteiger partial charge in [-0.05, 0) is 24.1 Å². The topological polar surface area (TPSA) is 38.9 Å². The van der Waals surface area contributed by atoms with Gasteiger partial charge in [0, 0.05) is 23.8 Å². The van der Waals surface area contributed by atoms with Crippen molar-refractivity contribution in [3.05, 3.63) is 30.1 Å². The predicted molar refractivity (Wildman–Crippen MR) is 48.5 cm³/mol. The van der Waals surface area contributed by atoms with Crippen molar-refractivity contribution >= 4 is 17.6 Å². The molecule has 57 valence electrons. The summed E-state index contributed by atoms with van der Waals surface area (Å²) >= 11 is 4.58. The molecule has 2 N–H and O–H groups in total. The standard InChI is InChI=1S/C8H9N2S/c9-8(6-11)5-7-1-3-10-4-2-7/h1-4,8H,5,9H2. The third kappa shape index (κ3) is 2.74. The third-order valence-electron chi connectivity index (χ3n) is 1.36. The summed E-state index contributed by atoms with van der Waals surface area (Å²) in [5, 5.41) is 2.55. The average Bonchev–Trinajstić information content (AvgIpc) is 2.06. The summed E-state index contributed by atoms with van der Waals surface area (Å²) in [5.74, 6) is 0. The summed E-state index contributed by atoms with van der Waals surface area (Å²) in [5.41, 5.74) is 6.71. The van der Waals surface area contributed by atoms with E-state index in [0.29, 0.717) is 0 Å². The molecule has 0 aliphatic rings. The van der Waals surface area contributed by atoms with Crippen LogP contribution in [0.2, 0.25) is 0 Å². The molecule has 2 nitrogen and oxygen atoms in total. The van der Waals surface area contributed by atoms with Gasteiger partial charge in [-0.3, -0.25) is 4.98 Å². The van der Waals surface area contributed by atoms with Gasteiger partial charge in [0.25, 0.3) is 0 Å². The zero-order valence-corrected chi connectivity index (χ0v) is 6.84. The quantitative estimate of drug-likeness (QED) is 0.674. The molecule has 1 atom stereocenters. The highest BCUT2D eigenvalue weighted by Crippen LogP contribution is 1.98. The number of thiocarbonyl (C=S) groups is 1. The molecule has 1 aromatic rings. The lowest BCUT2D eigenvalue weighted by Gasteiger charge is -2.02. The van der Waals surface area contributed by atoms with Gasteiger partial charge in [0.2, 0.25) is 0 Å². The molecule has 0 aromatic carbocycles. The number of pyridine rings is 1. The van der Waals surface area contributed by atoms with Crippen molar-refractivity contribution in [2.45, 2.75) is 12.5 Å². The first-order valence-corrected chi connectivity index (χ1v) is 3.76. The highest BCUT2D eigenvalue weighted by atomic mass is 32.1. The Bertz CT molecular complexity index is 223.